The Bertz CT molecular complexity index is 1170. The van der Waals surface area contributed by atoms with Gasteiger partial charge in [0.25, 0.3) is 0 Å². The lowest BCUT2D eigenvalue weighted by molar-refractivity contribution is -0.0827. The summed E-state index contributed by atoms with van der Waals surface area (Å²) in [5.41, 5.74) is 3.69. The first-order chi connectivity index (χ1) is 19.6. The third-order valence-electron chi connectivity index (χ3n) is 10.6. The SMILES string of the molecule is COC(=O)O[C@@H]1CC2=CC=C3[C@@H]4CC[C@H]([C@@H](C)/C=C\C(O[Si](C)(C)C)=C(C)C)[C@@]4(C)CC[C@@H]3[C@@]2(C)[C@@H](OC(=O)OC)C1. The normalized spacial score (nSPS) is 34.6. The van der Waals surface area contributed by atoms with Crippen molar-refractivity contribution in [1.29, 1.82) is 0 Å². The second-order valence-electron chi connectivity index (χ2n) is 14.5. The molecule has 0 unspecified atom stereocenters. The maximum Gasteiger partial charge on any atom is 0.508 e. The molecule has 7 nitrogen and oxygen atoms in total. The monoisotopic (exact) mass is 600 g/mol. The zero-order valence-electron chi connectivity index (χ0n) is 27.4. The molecule has 4 aliphatic carbocycles. The number of ether oxygens (including phenoxy) is 4. The average molecular weight is 601 g/mol. The van der Waals surface area contributed by atoms with E-state index in [9.17, 15) is 9.59 Å². The molecule has 0 aromatic heterocycles. The van der Waals surface area contributed by atoms with E-state index in [1.807, 2.05) is 0 Å². The summed E-state index contributed by atoms with van der Waals surface area (Å²) in [4.78, 5) is 24.3. The van der Waals surface area contributed by atoms with Crippen LogP contribution in [0.4, 0.5) is 9.59 Å². The fourth-order valence-corrected chi connectivity index (χ4v) is 9.46. The molecular formula is C34H52O7Si. The average Bonchev–Trinajstić information content (AvgIpc) is 3.27. The van der Waals surface area contributed by atoms with Crippen LogP contribution in [0.15, 0.2) is 46.8 Å². The van der Waals surface area contributed by atoms with Crippen LogP contribution < -0.4 is 0 Å². The van der Waals surface area contributed by atoms with Crippen LogP contribution in [0.2, 0.25) is 19.6 Å². The summed E-state index contributed by atoms with van der Waals surface area (Å²) in [6.07, 6.45) is 12.4. The van der Waals surface area contributed by atoms with Crippen LogP contribution in [0, 0.1) is 34.5 Å². The van der Waals surface area contributed by atoms with E-state index >= 15 is 0 Å². The van der Waals surface area contributed by atoms with Crippen molar-refractivity contribution in [2.45, 2.75) is 105 Å². The quantitative estimate of drug-likeness (QED) is 0.125. The molecule has 0 N–H and O–H groups in total. The molecule has 8 atom stereocenters. The molecule has 234 valence electrons. The molecule has 0 saturated heterocycles. The fraction of sp³-hybridized carbons (Fsp3) is 0.706. The second kappa shape index (κ2) is 12.3. The Balaban J connectivity index is 1.60. The lowest BCUT2D eigenvalue weighted by atomic mass is 9.49. The largest absolute Gasteiger partial charge is 0.544 e. The number of rotatable bonds is 7. The minimum Gasteiger partial charge on any atom is -0.544 e. The van der Waals surface area contributed by atoms with Crippen molar-refractivity contribution in [3.63, 3.8) is 0 Å². The first kappa shape index (κ1) is 32.4. The maximum absolute atomic E-state index is 12.4. The van der Waals surface area contributed by atoms with E-state index in [2.05, 4.69) is 78.6 Å². The van der Waals surface area contributed by atoms with Gasteiger partial charge in [0.1, 0.15) is 18.0 Å². The van der Waals surface area contributed by atoms with E-state index in [1.54, 1.807) is 0 Å². The zero-order chi connectivity index (χ0) is 31.0. The van der Waals surface area contributed by atoms with Gasteiger partial charge in [0.05, 0.1) is 14.2 Å². The Morgan fingerprint density at radius 3 is 2.26 bits per heavy atom. The number of hydrogen-bond acceptors (Lipinski definition) is 7. The molecule has 0 heterocycles. The van der Waals surface area contributed by atoms with Gasteiger partial charge < -0.3 is 23.4 Å². The highest BCUT2D eigenvalue weighted by Gasteiger charge is 2.60. The Morgan fingerprint density at radius 1 is 0.976 bits per heavy atom. The van der Waals surface area contributed by atoms with Gasteiger partial charge in [-0.1, -0.05) is 50.1 Å². The van der Waals surface area contributed by atoms with E-state index in [0.29, 0.717) is 30.6 Å². The Labute approximate surface area is 253 Å². The van der Waals surface area contributed by atoms with E-state index < -0.39 is 32.8 Å². The third-order valence-corrected chi connectivity index (χ3v) is 11.4. The van der Waals surface area contributed by atoms with Crippen molar-refractivity contribution in [1.82, 2.24) is 0 Å². The molecule has 8 heteroatoms. The molecule has 4 rings (SSSR count). The first-order valence-corrected chi connectivity index (χ1v) is 19.0. The molecule has 42 heavy (non-hydrogen) atoms. The highest BCUT2D eigenvalue weighted by Crippen LogP contribution is 2.66. The molecule has 0 aromatic rings. The summed E-state index contributed by atoms with van der Waals surface area (Å²) < 4.78 is 27.5. The summed E-state index contributed by atoms with van der Waals surface area (Å²) in [7, 11) is 0.939. The fourth-order valence-electron chi connectivity index (χ4n) is 8.52. The molecular weight excluding hydrogens is 548 g/mol. The predicted octanol–water partition coefficient (Wildman–Crippen LogP) is 8.74. The zero-order valence-corrected chi connectivity index (χ0v) is 28.4. The molecule has 0 spiro atoms. The lowest BCUT2D eigenvalue weighted by Gasteiger charge is -2.57. The van der Waals surface area contributed by atoms with Crippen molar-refractivity contribution in [3.8, 4) is 0 Å². The number of fused-ring (bicyclic) bond motifs is 5. The molecule has 0 bridgehead atoms. The summed E-state index contributed by atoms with van der Waals surface area (Å²) in [6, 6.07) is 0. The van der Waals surface area contributed by atoms with Crippen molar-refractivity contribution < 1.29 is 33.0 Å². The topological polar surface area (TPSA) is 80.3 Å². The van der Waals surface area contributed by atoms with Gasteiger partial charge >= 0.3 is 12.3 Å². The molecule has 0 radical (unpaired) electrons. The Morgan fingerprint density at radius 2 is 1.64 bits per heavy atom. The van der Waals surface area contributed by atoms with Gasteiger partial charge in [0, 0.05) is 18.3 Å². The van der Waals surface area contributed by atoms with Crippen molar-refractivity contribution >= 4 is 20.6 Å². The molecule has 0 amide bonds. The van der Waals surface area contributed by atoms with Gasteiger partial charge in [-0.3, -0.25) is 0 Å². The number of hydrogen-bond donors (Lipinski definition) is 0. The highest BCUT2D eigenvalue weighted by molar-refractivity contribution is 6.70. The summed E-state index contributed by atoms with van der Waals surface area (Å²) in [5, 5.41) is 0. The van der Waals surface area contributed by atoms with Crippen molar-refractivity contribution in [2.24, 2.45) is 34.5 Å². The molecule has 0 aromatic carbocycles. The van der Waals surface area contributed by atoms with Gasteiger partial charge in [-0.2, -0.15) is 0 Å². The first-order valence-electron chi connectivity index (χ1n) is 15.6. The van der Waals surface area contributed by atoms with Crippen molar-refractivity contribution in [3.05, 3.63) is 46.8 Å². The van der Waals surface area contributed by atoms with Crippen LogP contribution in [0.5, 0.6) is 0 Å². The van der Waals surface area contributed by atoms with Gasteiger partial charge in [-0.25, -0.2) is 9.59 Å². The van der Waals surface area contributed by atoms with Gasteiger partial charge in [-0.05, 0) is 99.9 Å². The number of carbonyl (C=O) groups excluding carboxylic acids is 2. The van der Waals surface area contributed by atoms with E-state index in [1.165, 1.54) is 38.2 Å². The van der Waals surface area contributed by atoms with Gasteiger partial charge in [0.15, 0.2) is 0 Å². The second-order valence-corrected chi connectivity index (χ2v) is 18.9. The van der Waals surface area contributed by atoms with Gasteiger partial charge in [-0.15, -0.1) is 0 Å². The van der Waals surface area contributed by atoms with Crippen LogP contribution in [-0.4, -0.2) is 47.1 Å². The number of carbonyl (C=O) groups is 2. The maximum atomic E-state index is 12.4. The number of allylic oxidation sites excluding steroid dienone is 6. The highest BCUT2D eigenvalue weighted by atomic mass is 28.4. The van der Waals surface area contributed by atoms with Crippen LogP contribution in [0.3, 0.4) is 0 Å². The molecule has 3 saturated carbocycles. The van der Waals surface area contributed by atoms with Crippen LogP contribution in [-0.2, 0) is 23.4 Å². The minimum atomic E-state index is -1.70. The van der Waals surface area contributed by atoms with Gasteiger partial charge in [0.2, 0.25) is 8.32 Å². The summed E-state index contributed by atoms with van der Waals surface area (Å²) in [6.45, 7) is 18.0. The smallest absolute Gasteiger partial charge is 0.508 e. The number of methoxy groups -OCH3 is 2. The third kappa shape index (κ3) is 6.24. The minimum absolute atomic E-state index is 0.197. The van der Waals surface area contributed by atoms with Crippen LogP contribution in [0.25, 0.3) is 0 Å². The van der Waals surface area contributed by atoms with Crippen LogP contribution >= 0.6 is 0 Å². The van der Waals surface area contributed by atoms with E-state index in [0.717, 1.165) is 24.2 Å². The van der Waals surface area contributed by atoms with Crippen LogP contribution in [0.1, 0.15) is 73.1 Å². The summed E-state index contributed by atoms with van der Waals surface area (Å²) in [5.74, 6) is 2.78. The van der Waals surface area contributed by atoms with E-state index in [-0.39, 0.29) is 16.7 Å². The molecule has 4 aliphatic rings. The Kier molecular flexibility index (Phi) is 9.46. The van der Waals surface area contributed by atoms with E-state index in [4.69, 9.17) is 23.4 Å². The standard InChI is InChI=1S/C34H52O7Si/c1-21(2)29(41-42(8,9)10)16-11-22(3)26-14-15-27-25-13-12-23-19-24(39-31(35)37-6)20-30(40-32(36)38-7)34(23,5)28(25)17-18-33(26,27)4/h11-13,16,22,24,26-28,30H,14-15,17-20H2,1-10H3/b16-11-/t22-,24+,26+,27-,28-,30-,33+,34-/m0/s1. The lowest BCUT2D eigenvalue weighted by Crippen LogP contribution is -2.54. The Hall–Kier alpha value is -2.48. The summed E-state index contributed by atoms with van der Waals surface area (Å²) >= 11 is 0. The molecule has 3 fully saturated rings. The van der Waals surface area contributed by atoms with Crippen molar-refractivity contribution in [2.75, 3.05) is 14.2 Å². The molecule has 0 aliphatic heterocycles. The predicted molar refractivity (Wildman–Crippen MR) is 166 cm³/mol.